The second-order valence-electron chi connectivity index (χ2n) is 8.62. The maximum Gasteiger partial charge on any atom is 0.294 e. The molecular weight excluding hydrogens is 416 g/mol. The van der Waals surface area contributed by atoms with Crippen LogP contribution in [0.5, 0.6) is 0 Å². The van der Waals surface area contributed by atoms with Crippen LogP contribution in [-0.2, 0) is 13.0 Å². The summed E-state index contributed by atoms with van der Waals surface area (Å²) < 4.78 is 1.80. The molecule has 0 aliphatic carbocycles. The molecule has 0 spiro atoms. The van der Waals surface area contributed by atoms with Crippen molar-refractivity contribution >= 4 is 22.6 Å². The van der Waals surface area contributed by atoms with Crippen molar-refractivity contribution in [3.63, 3.8) is 0 Å². The van der Waals surface area contributed by atoms with Crippen LogP contribution in [0.25, 0.3) is 16.7 Å². The van der Waals surface area contributed by atoms with Crippen molar-refractivity contribution in [3.05, 3.63) is 75.8 Å². The van der Waals surface area contributed by atoms with Crippen LogP contribution in [0, 0.1) is 0 Å². The van der Waals surface area contributed by atoms with Gasteiger partial charge in [-0.2, -0.15) is 0 Å². The Hall–Kier alpha value is -3.52. The number of H-pyrrole nitrogens is 1. The highest BCUT2D eigenvalue weighted by Crippen LogP contribution is 2.18. The number of aromatic amines is 1. The van der Waals surface area contributed by atoms with Gasteiger partial charge in [0.05, 0.1) is 11.0 Å². The molecule has 4 aromatic rings. The Morgan fingerprint density at radius 2 is 1.88 bits per heavy atom. The van der Waals surface area contributed by atoms with E-state index in [9.17, 15) is 9.59 Å². The number of benzene rings is 2. The summed E-state index contributed by atoms with van der Waals surface area (Å²) >= 11 is 0. The van der Waals surface area contributed by atoms with Gasteiger partial charge in [0.25, 0.3) is 11.5 Å². The largest absolute Gasteiger partial charge is 0.337 e. The van der Waals surface area contributed by atoms with Crippen LogP contribution in [0.2, 0.25) is 0 Å². The molecule has 8 heteroatoms. The Kier molecular flexibility index (Phi) is 5.92. The Labute approximate surface area is 191 Å². The molecule has 8 nitrogen and oxygen atoms in total. The monoisotopic (exact) mass is 444 g/mol. The summed E-state index contributed by atoms with van der Waals surface area (Å²) in [4.78, 5) is 33.1. The van der Waals surface area contributed by atoms with Gasteiger partial charge in [0.15, 0.2) is 0 Å². The van der Waals surface area contributed by atoms with E-state index in [-0.39, 0.29) is 17.1 Å². The number of rotatable bonds is 5. The van der Waals surface area contributed by atoms with Gasteiger partial charge in [-0.15, -0.1) is 10.2 Å². The van der Waals surface area contributed by atoms with Crippen molar-refractivity contribution < 1.29 is 4.79 Å². The summed E-state index contributed by atoms with van der Waals surface area (Å²) in [6.45, 7) is 6.18. The van der Waals surface area contributed by atoms with Crippen LogP contribution in [0.4, 0.5) is 0 Å². The molecule has 0 saturated carbocycles. The lowest BCUT2D eigenvalue weighted by atomic mass is 10.1. The minimum absolute atomic E-state index is 0.00283. The third kappa shape index (κ3) is 4.26. The Bertz CT molecular complexity index is 1340. The normalized spacial score (nSPS) is 15.2. The molecular formula is C25H28N6O2. The highest BCUT2D eigenvalue weighted by molar-refractivity contribution is 5.97. The van der Waals surface area contributed by atoms with Gasteiger partial charge in [-0.05, 0) is 36.6 Å². The number of aryl methyl sites for hydroxylation is 1. The summed E-state index contributed by atoms with van der Waals surface area (Å²) in [6.07, 6.45) is 2.57. The number of hydrogen-bond acceptors (Lipinski definition) is 5. The van der Waals surface area contributed by atoms with Gasteiger partial charge in [-0.1, -0.05) is 37.3 Å². The number of nitrogens with one attached hydrogen (secondary N) is 1. The van der Waals surface area contributed by atoms with Crippen molar-refractivity contribution in [2.45, 2.75) is 32.7 Å². The van der Waals surface area contributed by atoms with E-state index in [0.717, 1.165) is 56.8 Å². The van der Waals surface area contributed by atoms with Gasteiger partial charge in [0.1, 0.15) is 5.82 Å². The highest BCUT2D eigenvalue weighted by Gasteiger charge is 2.21. The summed E-state index contributed by atoms with van der Waals surface area (Å²) in [7, 11) is 0. The van der Waals surface area contributed by atoms with Gasteiger partial charge < -0.3 is 9.88 Å². The van der Waals surface area contributed by atoms with Gasteiger partial charge in [0.2, 0.25) is 5.65 Å². The van der Waals surface area contributed by atoms with E-state index in [2.05, 4.69) is 51.3 Å². The topological polar surface area (TPSA) is 86.6 Å². The average molecular weight is 445 g/mol. The molecule has 33 heavy (non-hydrogen) atoms. The maximum atomic E-state index is 13.3. The molecule has 1 aliphatic heterocycles. The quantitative estimate of drug-likeness (QED) is 0.512. The predicted octanol–water partition coefficient (Wildman–Crippen LogP) is 2.87. The first-order chi connectivity index (χ1) is 16.1. The lowest BCUT2D eigenvalue weighted by Crippen LogP contribution is -2.35. The zero-order chi connectivity index (χ0) is 22.8. The van der Waals surface area contributed by atoms with Gasteiger partial charge in [-0.25, -0.2) is 0 Å². The first-order valence-corrected chi connectivity index (χ1v) is 11.6. The first kappa shape index (κ1) is 21.3. The van der Waals surface area contributed by atoms with E-state index < -0.39 is 0 Å². The first-order valence-electron chi connectivity index (χ1n) is 11.6. The fraction of sp³-hybridized carbons (Fsp3) is 0.360. The molecule has 5 rings (SSSR count). The summed E-state index contributed by atoms with van der Waals surface area (Å²) in [5.74, 6) is 0.755. The fourth-order valence-electron chi connectivity index (χ4n) is 4.60. The van der Waals surface area contributed by atoms with E-state index in [4.69, 9.17) is 0 Å². The minimum Gasteiger partial charge on any atom is -0.337 e. The fourth-order valence-corrected chi connectivity index (χ4v) is 4.60. The molecule has 1 aliphatic rings. The summed E-state index contributed by atoms with van der Waals surface area (Å²) in [5, 5.41) is 8.24. The number of carbonyl (C=O) groups excluding carboxylic acids is 1. The number of aromatic nitrogens is 4. The van der Waals surface area contributed by atoms with Gasteiger partial charge in [0, 0.05) is 44.7 Å². The molecule has 2 aromatic carbocycles. The van der Waals surface area contributed by atoms with Crippen molar-refractivity contribution in [1.29, 1.82) is 0 Å². The molecule has 1 saturated heterocycles. The number of hydrogen-bond donors (Lipinski definition) is 1. The molecule has 0 atom stereocenters. The molecule has 1 N–H and O–H groups in total. The lowest BCUT2D eigenvalue weighted by Gasteiger charge is -2.22. The van der Waals surface area contributed by atoms with Crippen LogP contribution in [-0.4, -0.2) is 61.5 Å². The van der Waals surface area contributed by atoms with Crippen LogP contribution >= 0.6 is 0 Å². The molecule has 3 heterocycles. The van der Waals surface area contributed by atoms with Crippen molar-refractivity contribution in [1.82, 2.24) is 29.4 Å². The second-order valence-corrected chi connectivity index (χ2v) is 8.62. The second kappa shape index (κ2) is 9.15. The standard InChI is InChI=1S/C25H28N6O2/c1-2-7-22-27-28-23-24(32)26-20-16-19(10-11-21(20)31(22)23)25(33)30-13-6-12-29(14-15-30)17-18-8-4-3-5-9-18/h3-5,8-11,16H,2,6-7,12-15,17H2,1H3,(H,26,32). The highest BCUT2D eigenvalue weighted by atomic mass is 16.2. The number of carbonyl (C=O) groups is 1. The van der Waals surface area contributed by atoms with E-state index in [1.165, 1.54) is 5.56 Å². The number of fused-ring (bicyclic) bond motifs is 3. The third-order valence-electron chi connectivity index (χ3n) is 6.26. The van der Waals surface area contributed by atoms with Gasteiger partial charge in [-0.3, -0.25) is 18.9 Å². The van der Waals surface area contributed by atoms with Crippen LogP contribution in [0.1, 0.15) is 41.5 Å². The van der Waals surface area contributed by atoms with E-state index >= 15 is 0 Å². The number of nitrogens with zero attached hydrogens (tertiary/aromatic N) is 5. The summed E-state index contributed by atoms with van der Waals surface area (Å²) in [6, 6.07) is 15.9. The van der Waals surface area contributed by atoms with E-state index in [1.807, 2.05) is 23.1 Å². The predicted molar refractivity (Wildman–Crippen MR) is 127 cm³/mol. The van der Waals surface area contributed by atoms with Crippen LogP contribution in [0.15, 0.2) is 53.3 Å². The molecule has 0 radical (unpaired) electrons. The third-order valence-corrected chi connectivity index (χ3v) is 6.26. The van der Waals surface area contributed by atoms with Crippen molar-refractivity contribution in [2.75, 3.05) is 26.2 Å². The molecule has 170 valence electrons. The van der Waals surface area contributed by atoms with Crippen LogP contribution in [0.3, 0.4) is 0 Å². The Morgan fingerprint density at radius 1 is 1.03 bits per heavy atom. The minimum atomic E-state index is -0.298. The van der Waals surface area contributed by atoms with Gasteiger partial charge >= 0.3 is 0 Å². The maximum absolute atomic E-state index is 13.3. The van der Waals surface area contributed by atoms with Crippen molar-refractivity contribution in [3.8, 4) is 0 Å². The van der Waals surface area contributed by atoms with E-state index in [1.54, 1.807) is 10.5 Å². The molecule has 0 unspecified atom stereocenters. The zero-order valence-corrected chi connectivity index (χ0v) is 18.8. The Balaban J connectivity index is 1.37. The lowest BCUT2D eigenvalue weighted by molar-refractivity contribution is 0.0761. The molecule has 1 fully saturated rings. The summed E-state index contributed by atoms with van der Waals surface area (Å²) in [5.41, 5.74) is 3.29. The SMILES string of the molecule is CCCc1nnc2c(=O)[nH]c3cc(C(=O)N4CCCN(Cc5ccccc5)CC4)ccc3n12. The van der Waals surface area contributed by atoms with Crippen LogP contribution < -0.4 is 5.56 Å². The molecule has 0 bridgehead atoms. The Morgan fingerprint density at radius 3 is 2.70 bits per heavy atom. The van der Waals surface area contributed by atoms with E-state index in [0.29, 0.717) is 17.6 Å². The number of amides is 1. The smallest absolute Gasteiger partial charge is 0.294 e. The zero-order valence-electron chi connectivity index (χ0n) is 18.8. The van der Waals surface area contributed by atoms with Crippen molar-refractivity contribution in [2.24, 2.45) is 0 Å². The molecule has 2 aromatic heterocycles. The molecule has 1 amide bonds. The average Bonchev–Trinajstić information content (AvgIpc) is 3.12.